The van der Waals surface area contributed by atoms with E-state index in [-0.39, 0.29) is 11.5 Å². The average Bonchev–Trinajstić information content (AvgIpc) is 2.38. The molecule has 1 heterocycles. The van der Waals surface area contributed by atoms with E-state index in [4.69, 9.17) is 0 Å². The molecular formula is C13H20N2O4S. The fraction of sp³-hybridized carbons (Fsp3) is 0.615. The van der Waals surface area contributed by atoms with Gasteiger partial charge in [-0.1, -0.05) is 19.8 Å². The third kappa shape index (κ3) is 3.11. The minimum atomic E-state index is -3.94. The maximum Gasteiger partial charge on any atom is 0.246 e. The number of hydrogen-bond acceptors (Lipinski definition) is 4. The van der Waals surface area contributed by atoms with Gasteiger partial charge in [0.25, 0.3) is 0 Å². The van der Waals surface area contributed by atoms with Gasteiger partial charge in [0.1, 0.15) is 4.90 Å². The Labute approximate surface area is 118 Å². The molecule has 0 aliphatic heterocycles. The Morgan fingerprint density at radius 1 is 1.55 bits per heavy atom. The molecule has 1 aliphatic rings. The summed E-state index contributed by atoms with van der Waals surface area (Å²) in [4.78, 5) is 14.0. The van der Waals surface area contributed by atoms with E-state index >= 15 is 0 Å². The van der Waals surface area contributed by atoms with Crippen molar-refractivity contribution in [3.05, 3.63) is 28.7 Å². The van der Waals surface area contributed by atoms with Gasteiger partial charge in [0.15, 0.2) is 0 Å². The van der Waals surface area contributed by atoms with Crippen molar-refractivity contribution < 1.29 is 13.5 Å². The molecule has 0 amide bonds. The molecule has 7 heteroatoms. The summed E-state index contributed by atoms with van der Waals surface area (Å²) in [5, 5.41) is 9.63. The molecule has 0 saturated heterocycles. The molecular weight excluding hydrogens is 280 g/mol. The number of pyridine rings is 1. The number of nitrogens with one attached hydrogen (secondary N) is 2. The molecule has 3 N–H and O–H groups in total. The highest BCUT2D eigenvalue weighted by Gasteiger charge is 2.38. The zero-order chi connectivity index (χ0) is 14.8. The third-order valence-electron chi connectivity index (χ3n) is 3.82. The Kier molecular flexibility index (Phi) is 4.31. The fourth-order valence-electron chi connectivity index (χ4n) is 2.88. The van der Waals surface area contributed by atoms with Crippen molar-refractivity contribution >= 4 is 10.0 Å². The van der Waals surface area contributed by atoms with E-state index in [0.29, 0.717) is 18.8 Å². The first kappa shape index (κ1) is 15.2. The number of rotatable bonds is 4. The molecule has 0 spiro atoms. The summed E-state index contributed by atoms with van der Waals surface area (Å²) in [7, 11) is -3.94. The molecule has 1 aromatic rings. The Morgan fingerprint density at radius 2 is 2.30 bits per heavy atom. The van der Waals surface area contributed by atoms with Crippen molar-refractivity contribution in [1.29, 1.82) is 0 Å². The number of aliphatic hydroxyl groups excluding tert-OH is 1. The highest BCUT2D eigenvalue weighted by molar-refractivity contribution is 7.89. The summed E-state index contributed by atoms with van der Waals surface area (Å²) in [5.74, 6) is 0.340. The second kappa shape index (κ2) is 5.67. The first-order valence-electron chi connectivity index (χ1n) is 6.70. The predicted molar refractivity (Wildman–Crippen MR) is 74.8 cm³/mol. The second-order valence-electron chi connectivity index (χ2n) is 5.62. The van der Waals surface area contributed by atoms with Crippen LogP contribution in [0.3, 0.4) is 0 Å². The molecule has 0 bridgehead atoms. The summed E-state index contributed by atoms with van der Waals surface area (Å²) in [5.41, 5.74) is -1.42. The van der Waals surface area contributed by atoms with E-state index < -0.39 is 21.0 Å². The van der Waals surface area contributed by atoms with Crippen molar-refractivity contribution in [3.63, 3.8) is 0 Å². The molecule has 2 rings (SSSR count). The summed E-state index contributed by atoms with van der Waals surface area (Å²) >= 11 is 0. The lowest BCUT2D eigenvalue weighted by molar-refractivity contribution is 0.119. The molecule has 1 aromatic heterocycles. The van der Waals surface area contributed by atoms with Crippen molar-refractivity contribution in [3.8, 4) is 0 Å². The van der Waals surface area contributed by atoms with Gasteiger partial charge < -0.3 is 10.1 Å². The Balaban J connectivity index is 2.31. The minimum Gasteiger partial charge on any atom is -0.394 e. The monoisotopic (exact) mass is 300 g/mol. The quantitative estimate of drug-likeness (QED) is 0.758. The van der Waals surface area contributed by atoms with Gasteiger partial charge >= 0.3 is 0 Å². The van der Waals surface area contributed by atoms with Crippen LogP contribution in [0.1, 0.15) is 32.6 Å². The second-order valence-corrected chi connectivity index (χ2v) is 7.27. The summed E-state index contributed by atoms with van der Waals surface area (Å²) in [6.07, 6.45) is 5.59. The van der Waals surface area contributed by atoms with Crippen LogP contribution in [0.25, 0.3) is 0 Å². The van der Waals surface area contributed by atoms with Crippen LogP contribution < -0.4 is 10.2 Å². The minimum absolute atomic E-state index is 0.263. The van der Waals surface area contributed by atoms with E-state index in [1.165, 1.54) is 18.5 Å². The van der Waals surface area contributed by atoms with E-state index in [9.17, 15) is 18.3 Å². The topological polar surface area (TPSA) is 99.3 Å². The summed E-state index contributed by atoms with van der Waals surface area (Å²) in [6, 6.07) is 1.17. The highest BCUT2D eigenvalue weighted by Crippen LogP contribution is 2.32. The number of aliphatic hydroxyl groups is 1. The number of sulfonamides is 1. The van der Waals surface area contributed by atoms with E-state index in [1.807, 2.05) is 6.92 Å². The van der Waals surface area contributed by atoms with Gasteiger partial charge in [0.2, 0.25) is 15.5 Å². The zero-order valence-electron chi connectivity index (χ0n) is 11.4. The maximum atomic E-state index is 12.3. The Morgan fingerprint density at radius 3 is 2.90 bits per heavy atom. The van der Waals surface area contributed by atoms with E-state index in [0.717, 1.165) is 12.8 Å². The lowest BCUT2D eigenvalue weighted by Gasteiger charge is -2.38. The van der Waals surface area contributed by atoms with Crippen LogP contribution in [0.4, 0.5) is 0 Å². The van der Waals surface area contributed by atoms with Gasteiger partial charge in [-0.05, 0) is 18.8 Å². The van der Waals surface area contributed by atoms with Crippen LogP contribution in [-0.4, -0.2) is 30.7 Å². The summed E-state index contributed by atoms with van der Waals surface area (Å²) < 4.78 is 27.2. The van der Waals surface area contributed by atoms with Gasteiger partial charge in [0.05, 0.1) is 12.1 Å². The molecule has 1 saturated carbocycles. The molecule has 20 heavy (non-hydrogen) atoms. The molecule has 6 nitrogen and oxygen atoms in total. The molecule has 0 radical (unpaired) electrons. The van der Waals surface area contributed by atoms with E-state index in [2.05, 4.69) is 9.71 Å². The van der Waals surface area contributed by atoms with Crippen molar-refractivity contribution in [1.82, 2.24) is 9.71 Å². The van der Waals surface area contributed by atoms with Gasteiger partial charge in [-0.2, -0.15) is 0 Å². The van der Waals surface area contributed by atoms with Crippen molar-refractivity contribution in [2.45, 2.75) is 43.0 Å². The largest absolute Gasteiger partial charge is 0.394 e. The van der Waals surface area contributed by atoms with Gasteiger partial charge in [-0.15, -0.1) is 0 Å². The van der Waals surface area contributed by atoms with Gasteiger partial charge in [-0.25, -0.2) is 13.1 Å². The Hall–Kier alpha value is -1.18. The van der Waals surface area contributed by atoms with E-state index in [1.54, 1.807) is 0 Å². The molecule has 1 fully saturated rings. The number of H-pyrrole nitrogens is 1. The number of aromatic amines is 1. The molecule has 2 atom stereocenters. The predicted octanol–water partition coefficient (Wildman–Crippen LogP) is 0.594. The maximum absolute atomic E-state index is 12.3. The molecule has 0 aromatic carbocycles. The number of aromatic nitrogens is 1. The number of hydrogen-bond donors (Lipinski definition) is 3. The van der Waals surface area contributed by atoms with Gasteiger partial charge in [-0.3, -0.25) is 4.79 Å². The standard InChI is InChI=1S/C13H20N2O4S/c1-10-3-2-5-13(7-10,9-16)15-20(18,19)12-8-14-6-4-11(12)17/h4,6,8,10,15-16H,2-3,5,7,9H2,1H3,(H,14,17). The van der Waals surface area contributed by atoms with Crippen LogP contribution in [0.5, 0.6) is 0 Å². The van der Waals surface area contributed by atoms with Crippen molar-refractivity contribution in [2.24, 2.45) is 5.92 Å². The zero-order valence-corrected chi connectivity index (χ0v) is 12.2. The SMILES string of the molecule is CC1CCCC(CO)(NS(=O)(=O)c2c[nH]ccc2=O)C1. The molecule has 2 unspecified atom stereocenters. The molecule has 1 aliphatic carbocycles. The van der Waals surface area contributed by atoms with Gasteiger partial charge in [0, 0.05) is 18.5 Å². The lowest BCUT2D eigenvalue weighted by Crippen LogP contribution is -2.54. The van der Waals surface area contributed by atoms with Crippen LogP contribution in [-0.2, 0) is 10.0 Å². The van der Waals surface area contributed by atoms with Crippen LogP contribution in [0.15, 0.2) is 28.2 Å². The van der Waals surface area contributed by atoms with Crippen molar-refractivity contribution in [2.75, 3.05) is 6.61 Å². The lowest BCUT2D eigenvalue weighted by atomic mass is 9.78. The van der Waals surface area contributed by atoms with Crippen LogP contribution in [0.2, 0.25) is 0 Å². The first-order valence-corrected chi connectivity index (χ1v) is 8.19. The van der Waals surface area contributed by atoms with Crippen LogP contribution in [0, 0.1) is 5.92 Å². The Bertz CT molecular complexity index is 625. The summed E-state index contributed by atoms with van der Waals surface area (Å²) in [6.45, 7) is 1.77. The highest BCUT2D eigenvalue weighted by atomic mass is 32.2. The third-order valence-corrected chi connectivity index (χ3v) is 5.42. The smallest absolute Gasteiger partial charge is 0.246 e. The van der Waals surface area contributed by atoms with Crippen LogP contribution >= 0.6 is 0 Å². The fourth-order valence-corrected chi connectivity index (χ4v) is 4.37. The first-order chi connectivity index (χ1) is 9.38. The normalized spacial score (nSPS) is 27.4. The molecule has 112 valence electrons. The average molecular weight is 300 g/mol.